The third-order valence-corrected chi connectivity index (χ3v) is 4.24. The second-order valence-electron chi connectivity index (χ2n) is 5.63. The molecule has 8 heteroatoms. The van der Waals surface area contributed by atoms with E-state index in [-0.39, 0.29) is 12.7 Å². The number of likely N-dealkylation sites (tertiary alicyclic amines) is 1. The minimum absolute atomic E-state index is 0.0578. The Morgan fingerprint density at radius 2 is 2.04 bits per heavy atom. The van der Waals surface area contributed by atoms with E-state index in [1.165, 1.54) is 25.2 Å². The molecule has 3 rings (SSSR count). The first-order valence-corrected chi connectivity index (χ1v) is 7.83. The lowest BCUT2D eigenvalue weighted by Gasteiger charge is -2.19. The molecular formula is C17H19NO7. The number of carboxylic acid groups (broad SMARTS) is 1. The summed E-state index contributed by atoms with van der Waals surface area (Å²) in [4.78, 5) is 24.9. The molecule has 25 heavy (non-hydrogen) atoms. The number of aliphatic carboxylic acids is 1. The molecule has 0 aromatic heterocycles. The summed E-state index contributed by atoms with van der Waals surface area (Å²) in [6, 6.07) is 0.903. The maximum atomic E-state index is 12.4. The molecule has 0 spiro atoms. The lowest BCUT2D eigenvalue weighted by molar-refractivity contribution is -0.146. The number of ether oxygens (including phenoxy) is 4. The van der Waals surface area contributed by atoms with Gasteiger partial charge in [0, 0.05) is 18.2 Å². The molecule has 0 aliphatic carbocycles. The number of rotatable bonds is 5. The van der Waals surface area contributed by atoms with Crippen molar-refractivity contribution in [3.63, 3.8) is 0 Å². The van der Waals surface area contributed by atoms with Crippen molar-refractivity contribution in [3.8, 4) is 23.0 Å². The molecule has 1 fully saturated rings. The fourth-order valence-corrected chi connectivity index (χ4v) is 3.06. The van der Waals surface area contributed by atoms with Gasteiger partial charge in [-0.3, -0.25) is 4.79 Å². The molecule has 0 bridgehead atoms. The van der Waals surface area contributed by atoms with Crippen molar-refractivity contribution in [2.45, 2.75) is 18.9 Å². The lowest BCUT2D eigenvalue weighted by Crippen LogP contribution is -2.39. The first-order chi connectivity index (χ1) is 12.1. The van der Waals surface area contributed by atoms with Gasteiger partial charge in [-0.1, -0.05) is 0 Å². The summed E-state index contributed by atoms with van der Waals surface area (Å²) in [5.41, 5.74) is 0.572. The summed E-state index contributed by atoms with van der Waals surface area (Å²) < 4.78 is 21.5. The van der Waals surface area contributed by atoms with Crippen LogP contribution in [0.15, 0.2) is 12.1 Å². The van der Waals surface area contributed by atoms with E-state index in [4.69, 9.17) is 18.9 Å². The van der Waals surface area contributed by atoms with Crippen LogP contribution < -0.4 is 18.9 Å². The number of carbonyl (C=O) groups excluding carboxylic acids is 1. The van der Waals surface area contributed by atoms with Crippen LogP contribution in [-0.2, 0) is 9.59 Å². The average molecular weight is 349 g/mol. The fraction of sp³-hybridized carbons (Fsp3) is 0.412. The van der Waals surface area contributed by atoms with E-state index >= 15 is 0 Å². The van der Waals surface area contributed by atoms with Gasteiger partial charge in [0.05, 0.1) is 14.2 Å². The number of carboxylic acids is 1. The van der Waals surface area contributed by atoms with Crippen LogP contribution in [0.3, 0.4) is 0 Å². The quantitative estimate of drug-likeness (QED) is 0.805. The standard InChI is InChI=1S/C17H19NO7/c1-22-12-8-10(14(23-2)16-15(12)24-9-25-16)5-6-13(19)18-7-3-4-11(18)17(20)21/h5-6,8,11H,3-4,7,9H2,1-2H3,(H,20,21)/b6-5+/t11-/m0/s1. The van der Waals surface area contributed by atoms with Crippen molar-refractivity contribution in [1.29, 1.82) is 0 Å². The molecule has 1 aromatic rings. The second kappa shape index (κ2) is 6.92. The highest BCUT2D eigenvalue weighted by Gasteiger charge is 2.33. The molecule has 2 aliphatic rings. The number of fused-ring (bicyclic) bond motifs is 1. The Morgan fingerprint density at radius 3 is 2.72 bits per heavy atom. The maximum Gasteiger partial charge on any atom is 0.326 e. The summed E-state index contributed by atoms with van der Waals surface area (Å²) in [5, 5.41) is 9.19. The summed E-state index contributed by atoms with van der Waals surface area (Å²) in [6.07, 6.45) is 4.04. The van der Waals surface area contributed by atoms with E-state index < -0.39 is 12.0 Å². The first-order valence-electron chi connectivity index (χ1n) is 7.83. The van der Waals surface area contributed by atoms with E-state index in [1.807, 2.05) is 0 Å². The van der Waals surface area contributed by atoms with Gasteiger partial charge in [-0.05, 0) is 25.0 Å². The van der Waals surface area contributed by atoms with Crippen molar-refractivity contribution in [2.24, 2.45) is 0 Å². The Kier molecular flexibility index (Phi) is 4.69. The molecule has 1 atom stereocenters. The Balaban J connectivity index is 1.88. The average Bonchev–Trinajstić information content (AvgIpc) is 3.27. The number of hydrogen-bond acceptors (Lipinski definition) is 6. The highest BCUT2D eigenvalue weighted by Crippen LogP contribution is 2.49. The number of amides is 1. The maximum absolute atomic E-state index is 12.4. The number of nitrogens with zero attached hydrogens (tertiary/aromatic N) is 1. The lowest BCUT2D eigenvalue weighted by atomic mass is 10.1. The number of methoxy groups -OCH3 is 2. The van der Waals surface area contributed by atoms with Crippen LogP contribution in [0.25, 0.3) is 6.08 Å². The Bertz CT molecular complexity index is 728. The topological polar surface area (TPSA) is 94.5 Å². The minimum atomic E-state index is -0.985. The molecule has 1 saturated heterocycles. The Hall–Kier alpha value is -2.90. The van der Waals surface area contributed by atoms with Gasteiger partial charge in [0.1, 0.15) is 6.04 Å². The van der Waals surface area contributed by atoms with E-state index in [0.29, 0.717) is 47.9 Å². The van der Waals surface area contributed by atoms with Crippen LogP contribution >= 0.6 is 0 Å². The van der Waals surface area contributed by atoms with Crippen LogP contribution in [-0.4, -0.2) is 55.5 Å². The third-order valence-electron chi connectivity index (χ3n) is 4.24. The van der Waals surface area contributed by atoms with Crippen LogP contribution in [0.2, 0.25) is 0 Å². The van der Waals surface area contributed by atoms with Gasteiger partial charge in [0.25, 0.3) is 0 Å². The molecule has 2 aliphatic heterocycles. The summed E-state index contributed by atoms with van der Waals surface area (Å²) >= 11 is 0. The molecule has 0 radical (unpaired) electrons. The van der Waals surface area contributed by atoms with Gasteiger partial charge in [-0.15, -0.1) is 0 Å². The summed E-state index contributed by atoms with van der Waals surface area (Å²) in [7, 11) is 2.99. The van der Waals surface area contributed by atoms with Gasteiger partial charge < -0.3 is 29.0 Å². The molecule has 8 nitrogen and oxygen atoms in total. The zero-order valence-corrected chi connectivity index (χ0v) is 14.0. The molecule has 0 unspecified atom stereocenters. The predicted octanol–water partition coefficient (Wildman–Crippen LogP) is 1.52. The molecule has 2 heterocycles. The SMILES string of the molecule is COc1cc(/C=C/C(=O)N2CCC[C@H]2C(=O)O)c(OC)c2c1OCO2. The normalized spacial score (nSPS) is 18.6. The van der Waals surface area contributed by atoms with E-state index in [9.17, 15) is 14.7 Å². The second-order valence-corrected chi connectivity index (χ2v) is 5.63. The van der Waals surface area contributed by atoms with Gasteiger partial charge >= 0.3 is 5.97 Å². The Labute approximate surface area is 144 Å². The van der Waals surface area contributed by atoms with Crippen LogP contribution in [0, 0.1) is 0 Å². The van der Waals surface area contributed by atoms with Crippen molar-refractivity contribution < 1.29 is 33.6 Å². The van der Waals surface area contributed by atoms with Gasteiger partial charge in [-0.2, -0.15) is 0 Å². The van der Waals surface area contributed by atoms with E-state index in [1.54, 1.807) is 12.1 Å². The molecular weight excluding hydrogens is 330 g/mol. The highest BCUT2D eigenvalue weighted by atomic mass is 16.7. The molecule has 1 N–H and O–H groups in total. The summed E-state index contributed by atoms with van der Waals surface area (Å²) in [5.74, 6) is 0.413. The minimum Gasteiger partial charge on any atom is -0.493 e. The van der Waals surface area contributed by atoms with Crippen LogP contribution in [0.5, 0.6) is 23.0 Å². The van der Waals surface area contributed by atoms with Crippen LogP contribution in [0.1, 0.15) is 18.4 Å². The number of benzene rings is 1. The third kappa shape index (κ3) is 3.07. The molecule has 1 aromatic carbocycles. The highest BCUT2D eigenvalue weighted by molar-refractivity contribution is 5.95. The van der Waals surface area contributed by atoms with Crippen molar-refractivity contribution in [2.75, 3.05) is 27.6 Å². The van der Waals surface area contributed by atoms with Gasteiger partial charge in [0.15, 0.2) is 11.5 Å². The molecule has 0 saturated carbocycles. The largest absolute Gasteiger partial charge is 0.493 e. The monoisotopic (exact) mass is 349 g/mol. The number of hydrogen-bond donors (Lipinski definition) is 1. The number of carbonyl (C=O) groups is 2. The zero-order valence-electron chi connectivity index (χ0n) is 14.0. The fourth-order valence-electron chi connectivity index (χ4n) is 3.06. The van der Waals surface area contributed by atoms with E-state index in [0.717, 1.165) is 0 Å². The van der Waals surface area contributed by atoms with Gasteiger partial charge in [0.2, 0.25) is 24.2 Å². The first kappa shape index (κ1) is 16.9. The Morgan fingerprint density at radius 1 is 1.28 bits per heavy atom. The van der Waals surface area contributed by atoms with Gasteiger partial charge in [-0.25, -0.2) is 4.79 Å². The van der Waals surface area contributed by atoms with Crippen molar-refractivity contribution >= 4 is 18.0 Å². The van der Waals surface area contributed by atoms with Crippen molar-refractivity contribution in [3.05, 3.63) is 17.7 Å². The van der Waals surface area contributed by atoms with Crippen LogP contribution in [0.4, 0.5) is 0 Å². The predicted molar refractivity (Wildman–Crippen MR) is 87.1 cm³/mol. The van der Waals surface area contributed by atoms with Crippen molar-refractivity contribution in [1.82, 2.24) is 4.90 Å². The smallest absolute Gasteiger partial charge is 0.326 e. The molecule has 1 amide bonds. The zero-order chi connectivity index (χ0) is 18.0. The molecule has 134 valence electrons. The van der Waals surface area contributed by atoms with E-state index in [2.05, 4.69) is 0 Å². The summed E-state index contributed by atoms with van der Waals surface area (Å²) in [6.45, 7) is 0.490.